The van der Waals surface area contributed by atoms with Crippen molar-refractivity contribution in [1.29, 1.82) is 0 Å². The third-order valence-corrected chi connectivity index (χ3v) is 12.8. The number of hydrogen-bond donors (Lipinski definition) is 1. The number of hydrogen-bond acceptors (Lipinski definition) is 2. The summed E-state index contributed by atoms with van der Waals surface area (Å²) in [5.74, 6) is 0.851. The van der Waals surface area contributed by atoms with E-state index >= 15 is 0 Å². The van der Waals surface area contributed by atoms with Crippen molar-refractivity contribution in [3.8, 4) is 5.75 Å². The van der Waals surface area contributed by atoms with E-state index in [2.05, 4.69) is 41.1 Å². The maximum atomic E-state index is 13.4. The number of nitrogens with one attached hydrogen (secondary N) is 1. The minimum absolute atomic E-state index is 0.102. The maximum Gasteiger partial charge on any atom is 0.118 e. The average Bonchev–Trinajstić information content (AvgIpc) is 2.88. The molecule has 0 aromatic heterocycles. The van der Waals surface area contributed by atoms with Gasteiger partial charge >= 0.3 is 0 Å². The van der Waals surface area contributed by atoms with Crippen LogP contribution in [-0.4, -0.2) is 27.4 Å². The van der Waals surface area contributed by atoms with Crippen molar-refractivity contribution in [2.45, 2.75) is 107 Å². The summed E-state index contributed by atoms with van der Waals surface area (Å²) in [6.45, 7) is 6.14. The van der Waals surface area contributed by atoms with Crippen molar-refractivity contribution in [2.75, 3.05) is 7.11 Å². The molecule has 0 aliphatic heterocycles. The predicted molar refractivity (Wildman–Crippen MR) is 153 cm³/mol. The summed E-state index contributed by atoms with van der Waals surface area (Å²) in [6, 6.07) is 17.4. The summed E-state index contributed by atoms with van der Waals surface area (Å²) in [4.78, 5) is 0. The van der Waals surface area contributed by atoms with Gasteiger partial charge in [-0.05, 0) is 86.3 Å². The monoisotopic (exact) mass is 513 g/mol. The zero-order chi connectivity index (χ0) is 24.8. The molecule has 4 rings (SSSR count). The molecule has 0 radical (unpaired) electrons. The fraction of sp³-hybridized carbons (Fsp3) is 0.600. The first-order chi connectivity index (χ1) is 16.9. The Morgan fingerprint density at radius 1 is 0.857 bits per heavy atom. The Bertz CT molecular complexity index is 941. The smallest absolute Gasteiger partial charge is 0.118 e. The molecule has 35 heavy (non-hydrogen) atoms. The van der Waals surface area contributed by atoms with Crippen molar-refractivity contribution in [3.63, 3.8) is 0 Å². The van der Waals surface area contributed by atoms with Gasteiger partial charge in [0.25, 0.3) is 0 Å². The second-order valence-corrected chi connectivity index (χ2v) is 16.0. The zero-order valence-electron chi connectivity index (χ0n) is 22.1. The lowest BCUT2D eigenvalue weighted by atomic mass is 9.99. The SMILES string of the molecule is COc1ccc(C(N[S@](=O)C(C)(C)C)c2ccccc2P(C2CCCCC2)C2CCCCC2)cc1. The standard InChI is InChI=1S/C30H44NO2PS/c1-30(2,3)35(32)31-29(23-19-21-24(33-4)22-20-23)27-17-11-12-18-28(27)34(25-13-7-5-8-14-25)26-15-9-6-10-16-26/h11-12,17-22,25-26,29,31H,5-10,13-16H2,1-4H3/t29?,35-/m1/s1. The summed E-state index contributed by atoms with van der Waals surface area (Å²) in [6.07, 6.45) is 13.8. The first-order valence-electron chi connectivity index (χ1n) is 13.6. The molecule has 2 aliphatic rings. The van der Waals surface area contributed by atoms with Crippen molar-refractivity contribution >= 4 is 24.2 Å². The average molecular weight is 514 g/mol. The van der Waals surface area contributed by atoms with Crippen LogP contribution in [0.5, 0.6) is 5.75 Å². The summed E-state index contributed by atoms with van der Waals surface area (Å²) in [7, 11) is 0.262. The van der Waals surface area contributed by atoms with Crippen LogP contribution in [-0.2, 0) is 11.0 Å². The van der Waals surface area contributed by atoms with Crippen molar-refractivity contribution in [2.24, 2.45) is 0 Å². The molecule has 2 aliphatic carbocycles. The molecule has 192 valence electrons. The van der Waals surface area contributed by atoms with E-state index in [1.165, 1.54) is 69.8 Å². The van der Waals surface area contributed by atoms with E-state index in [1.54, 1.807) is 12.4 Å². The molecule has 2 aromatic rings. The Kier molecular flexibility index (Phi) is 9.47. The lowest BCUT2D eigenvalue weighted by Crippen LogP contribution is -2.38. The van der Waals surface area contributed by atoms with Gasteiger partial charge in [-0.15, -0.1) is 0 Å². The van der Waals surface area contributed by atoms with Gasteiger partial charge in [-0.25, -0.2) is 8.93 Å². The molecular formula is C30H44NO2PS. The van der Waals surface area contributed by atoms with Crippen LogP contribution in [0.1, 0.15) is 102 Å². The fourth-order valence-electron chi connectivity index (χ4n) is 5.77. The Balaban J connectivity index is 1.78. The quantitative estimate of drug-likeness (QED) is 0.369. The van der Waals surface area contributed by atoms with E-state index in [9.17, 15) is 4.21 Å². The van der Waals surface area contributed by atoms with Gasteiger partial charge in [0.1, 0.15) is 5.75 Å². The zero-order valence-corrected chi connectivity index (χ0v) is 23.8. The molecule has 2 fully saturated rings. The van der Waals surface area contributed by atoms with E-state index in [1.807, 2.05) is 32.9 Å². The minimum Gasteiger partial charge on any atom is -0.497 e. The summed E-state index contributed by atoms with van der Waals surface area (Å²) < 4.78 is 22.1. The molecule has 0 heterocycles. The van der Waals surface area contributed by atoms with Crippen LogP contribution in [0, 0.1) is 0 Å². The second-order valence-electron chi connectivity index (χ2n) is 11.3. The highest BCUT2D eigenvalue weighted by atomic mass is 32.2. The van der Waals surface area contributed by atoms with E-state index in [0.717, 1.165) is 22.6 Å². The van der Waals surface area contributed by atoms with Gasteiger partial charge in [0.05, 0.1) is 28.9 Å². The molecule has 1 unspecified atom stereocenters. The lowest BCUT2D eigenvalue weighted by Gasteiger charge is -2.40. The Hall–Kier alpha value is -1.22. The number of benzene rings is 2. The van der Waals surface area contributed by atoms with Gasteiger partial charge in [0, 0.05) is 0 Å². The van der Waals surface area contributed by atoms with Crippen molar-refractivity contribution < 1.29 is 8.95 Å². The van der Waals surface area contributed by atoms with Crippen LogP contribution in [0.15, 0.2) is 48.5 Å². The fourth-order valence-corrected chi connectivity index (χ4v) is 10.6. The molecule has 5 heteroatoms. The number of rotatable bonds is 8. The van der Waals surface area contributed by atoms with Crippen molar-refractivity contribution in [1.82, 2.24) is 4.72 Å². The van der Waals surface area contributed by atoms with Crippen LogP contribution in [0.3, 0.4) is 0 Å². The van der Waals surface area contributed by atoms with Crippen molar-refractivity contribution in [3.05, 3.63) is 59.7 Å². The van der Waals surface area contributed by atoms with E-state index < -0.39 is 11.0 Å². The van der Waals surface area contributed by atoms with Crippen LogP contribution in [0.2, 0.25) is 0 Å². The largest absolute Gasteiger partial charge is 0.497 e. The van der Waals surface area contributed by atoms with Crippen LogP contribution >= 0.6 is 7.92 Å². The van der Waals surface area contributed by atoms with Gasteiger partial charge in [-0.1, -0.05) is 82.8 Å². The maximum absolute atomic E-state index is 13.4. The first kappa shape index (κ1) is 26.8. The van der Waals surface area contributed by atoms with E-state index in [-0.39, 0.29) is 18.7 Å². The molecule has 1 N–H and O–H groups in total. The minimum atomic E-state index is -1.18. The lowest BCUT2D eigenvalue weighted by molar-refractivity contribution is 0.414. The van der Waals surface area contributed by atoms with E-state index in [4.69, 9.17) is 4.74 Å². The molecule has 0 amide bonds. The van der Waals surface area contributed by atoms with Crippen LogP contribution < -0.4 is 14.8 Å². The predicted octanol–water partition coefficient (Wildman–Crippen LogP) is 7.61. The molecule has 3 nitrogen and oxygen atoms in total. The molecule has 2 aromatic carbocycles. The highest BCUT2D eigenvalue weighted by Gasteiger charge is 2.35. The normalized spacial score (nSPS) is 20.0. The highest BCUT2D eigenvalue weighted by Crippen LogP contribution is 2.56. The Morgan fingerprint density at radius 3 is 1.91 bits per heavy atom. The third-order valence-electron chi connectivity index (χ3n) is 7.69. The Morgan fingerprint density at radius 2 is 1.40 bits per heavy atom. The molecule has 2 saturated carbocycles. The van der Waals surface area contributed by atoms with Crippen LogP contribution in [0.25, 0.3) is 0 Å². The van der Waals surface area contributed by atoms with Gasteiger partial charge in [-0.3, -0.25) is 0 Å². The summed E-state index contributed by atoms with van der Waals surface area (Å²) >= 11 is 0. The van der Waals surface area contributed by atoms with Gasteiger partial charge in [-0.2, -0.15) is 0 Å². The van der Waals surface area contributed by atoms with Gasteiger partial charge < -0.3 is 4.74 Å². The summed E-state index contributed by atoms with van der Waals surface area (Å²) in [5, 5.41) is 1.56. The van der Waals surface area contributed by atoms with Gasteiger partial charge in [0.2, 0.25) is 0 Å². The Labute approximate surface area is 217 Å². The highest BCUT2D eigenvalue weighted by molar-refractivity contribution is 7.84. The summed E-state index contributed by atoms with van der Waals surface area (Å²) in [5.41, 5.74) is 4.14. The molecule has 0 spiro atoms. The molecule has 0 bridgehead atoms. The first-order valence-corrected chi connectivity index (χ1v) is 16.2. The molecule has 2 atom stereocenters. The second kappa shape index (κ2) is 12.3. The molecule has 0 saturated heterocycles. The number of ether oxygens (including phenoxy) is 1. The molecular weight excluding hydrogens is 469 g/mol. The number of methoxy groups -OCH3 is 1. The van der Waals surface area contributed by atoms with Crippen LogP contribution in [0.4, 0.5) is 0 Å². The topological polar surface area (TPSA) is 38.3 Å². The van der Waals surface area contributed by atoms with Gasteiger partial charge in [0.15, 0.2) is 0 Å². The van der Waals surface area contributed by atoms with E-state index in [0.29, 0.717) is 0 Å². The third kappa shape index (κ3) is 6.76.